The lowest BCUT2D eigenvalue weighted by atomic mass is 10.1. The third-order valence-corrected chi connectivity index (χ3v) is 3.77. The summed E-state index contributed by atoms with van der Waals surface area (Å²) in [6, 6.07) is 11.0. The summed E-state index contributed by atoms with van der Waals surface area (Å²) < 4.78 is 6.23. The van der Waals surface area contributed by atoms with Crippen molar-refractivity contribution >= 4 is 33.2 Å². The van der Waals surface area contributed by atoms with Crippen molar-refractivity contribution in [3.05, 3.63) is 52.0 Å². The fourth-order valence-electron chi connectivity index (χ4n) is 1.77. The number of carbonyl (C=O) groups is 1. The van der Waals surface area contributed by atoms with Gasteiger partial charge in [-0.1, -0.05) is 6.07 Å². The Hall–Kier alpha value is -2.01. The van der Waals surface area contributed by atoms with Crippen molar-refractivity contribution in [3.63, 3.8) is 0 Å². The van der Waals surface area contributed by atoms with Crippen LogP contribution in [0.3, 0.4) is 0 Å². The molecule has 0 radical (unpaired) electrons. The van der Waals surface area contributed by atoms with Gasteiger partial charge in [0.15, 0.2) is 6.61 Å². The van der Waals surface area contributed by atoms with E-state index in [9.17, 15) is 4.79 Å². The average Bonchev–Trinajstić information content (AvgIpc) is 2.43. The Morgan fingerprint density at radius 3 is 2.62 bits per heavy atom. The Morgan fingerprint density at radius 2 is 1.95 bits per heavy atom. The van der Waals surface area contributed by atoms with Crippen molar-refractivity contribution in [3.8, 4) is 5.75 Å². The van der Waals surface area contributed by atoms with E-state index in [0.717, 1.165) is 10.0 Å². The number of nitrogens with two attached hydrogens (primary N) is 1. The van der Waals surface area contributed by atoms with Crippen molar-refractivity contribution < 1.29 is 9.53 Å². The second-order valence-corrected chi connectivity index (χ2v) is 5.68. The van der Waals surface area contributed by atoms with Crippen molar-refractivity contribution in [2.75, 3.05) is 17.7 Å². The zero-order valence-corrected chi connectivity index (χ0v) is 13.5. The minimum absolute atomic E-state index is 0.0423. The highest BCUT2D eigenvalue weighted by Crippen LogP contribution is 2.24. The van der Waals surface area contributed by atoms with E-state index in [-0.39, 0.29) is 12.5 Å². The molecule has 1 amide bonds. The van der Waals surface area contributed by atoms with Crippen molar-refractivity contribution in [2.45, 2.75) is 13.8 Å². The first-order valence-corrected chi connectivity index (χ1v) is 7.30. The highest BCUT2D eigenvalue weighted by molar-refractivity contribution is 9.10. The van der Waals surface area contributed by atoms with Gasteiger partial charge in [-0.3, -0.25) is 4.79 Å². The second-order valence-electron chi connectivity index (χ2n) is 4.82. The normalized spacial score (nSPS) is 10.2. The average molecular weight is 349 g/mol. The molecule has 21 heavy (non-hydrogen) atoms. The van der Waals surface area contributed by atoms with Gasteiger partial charge in [0.05, 0.1) is 5.69 Å². The number of aryl methyl sites for hydroxylation is 2. The molecular formula is C16H17BrN2O2. The summed E-state index contributed by atoms with van der Waals surface area (Å²) in [6.07, 6.45) is 0. The van der Waals surface area contributed by atoms with E-state index in [4.69, 9.17) is 10.5 Å². The molecule has 2 aromatic carbocycles. The first kappa shape index (κ1) is 15.4. The Morgan fingerprint density at radius 1 is 1.19 bits per heavy atom. The minimum atomic E-state index is -0.223. The van der Waals surface area contributed by atoms with Crippen LogP contribution in [0, 0.1) is 13.8 Å². The summed E-state index contributed by atoms with van der Waals surface area (Å²) in [5.41, 5.74) is 9.27. The molecule has 0 aliphatic rings. The van der Waals surface area contributed by atoms with Gasteiger partial charge >= 0.3 is 0 Å². The third kappa shape index (κ3) is 4.23. The van der Waals surface area contributed by atoms with Gasteiger partial charge in [0, 0.05) is 10.2 Å². The van der Waals surface area contributed by atoms with Crippen molar-refractivity contribution in [1.82, 2.24) is 0 Å². The monoisotopic (exact) mass is 348 g/mol. The Kier molecular flexibility index (Phi) is 4.85. The number of hydrogen-bond acceptors (Lipinski definition) is 3. The molecule has 0 atom stereocenters. The zero-order valence-electron chi connectivity index (χ0n) is 11.9. The van der Waals surface area contributed by atoms with Crippen LogP contribution >= 0.6 is 15.9 Å². The lowest BCUT2D eigenvalue weighted by Gasteiger charge is -2.10. The molecule has 0 saturated heterocycles. The van der Waals surface area contributed by atoms with Crippen LogP contribution in [-0.2, 0) is 4.79 Å². The highest BCUT2D eigenvalue weighted by atomic mass is 79.9. The number of amides is 1. The highest BCUT2D eigenvalue weighted by Gasteiger charge is 2.07. The molecule has 0 saturated carbocycles. The van der Waals surface area contributed by atoms with Crippen molar-refractivity contribution in [1.29, 1.82) is 0 Å². The number of anilines is 2. The first-order chi connectivity index (χ1) is 9.95. The van der Waals surface area contributed by atoms with Gasteiger partial charge in [-0.25, -0.2) is 0 Å². The van der Waals surface area contributed by atoms with E-state index in [1.165, 1.54) is 5.56 Å². The largest absolute Gasteiger partial charge is 0.484 e. The molecule has 4 nitrogen and oxygen atoms in total. The minimum Gasteiger partial charge on any atom is -0.484 e. The molecule has 2 rings (SSSR count). The van der Waals surface area contributed by atoms with Crippen LogP contribution in [0.2, 0.25) is 0 Å². The molecule has 3 N–H and O–H groups in total. The van der Waals surface area contributed by atoms with Crippen LogP contribution in [0.5, 0.6) is 5.75 Å². The van der Waals surface area contributed by atoms with Gasteiger partial charge in [0.1, 0.15) is 5.75 Å². The fourth-order valence-corrected chi connectivity index (χ4v) is 2.27. The van der Waals surface area contributed by atoms with Gasteiger partial charge in [-0.05, 0) is 71.2 Å². The van der Waals surface area contributed by atoms with Crippen LogP contribution < -0.4 is 15.8 Å². The Bertz CT molecular complexity index is 671. The molecule has 0 unspecified atom stereocenters. The summed E-state index contributed by atoms with van der Waals surface area (Å²) >= 11 is 3.35. The predicted octanol–water partition coefficient (Wildman–Crippen LogP) is 3.67. The number of nitrogen functional groups attached to an aromatic ring is 1. The van der Waals surface area contributed by atoms with E-state index in [1.54, 1.807) is 18.2 Å². The molecule has 0 aromatic heterocycles. The van der Waals surface area contributed by atoms with E-state index in [0.29, 0.717) is 17.1 Å². The third-order valence-electron chi connectivity index (χ3n) is 3.12. The molecule has 110 valence electrons. The molecule has 0 heterocycles. The van der Waals surface area contributed by atoms with Gasteiger partial charge in [0.2, 0.25) is 0 Å². The number of benzene rings is 2. The Balaban J connectivity index is 1.94. The summed E-state index contributed by atoms with van der Waals surface area (Å²) in [6.45, 7) is 4.00. The zero-order chi connectivity index (χ0) is 15.4. The fraction of sp³-hybridized carbons (Fsp3) is 0.188. The van der Waals surface area contributed by atoms with Gasteiger partial charge in [-0.2, -0.15) is 0 Å². The number of hydrogen-bond donors (Lipinski definition) is 2. The molecule has 0 fully saturated rings. The van der Waals surface area contributed by atoms with Crippen LogP contribution in [0.1, 0.15) is 11.1 Å². The molecule has 0 aliphatic heterocycles. The van der Waals surface area contributed by atoms with Gasteiger partial charge in [-0.15, -0.1) is 0 Å². The van der Waals surface area contributed by atoms with Gasteiger partial charge in [0.25, 0.3) is 5.91 Å². The summed E-state index contributed by atoms with van der Waals surface area (Å²) in [4.78, 5) is 11.9. The summed E-state index contributed by atoms with van der Waals surface area (Å²) in [5.74, 6) is 0.461. The standard InChI is InChI=1S/C16H17BrN2O2/c1-10-3-5-13(7-11(10)2)21-9-16(20)19-15-6-4-12(18)8-14(15)17/h3-8H,9,18H2,1-2H3,(H,19,20). The van der Waals surface area contributed by atoms with E-state index in [2.05, 4.69) is 21.2 Å². The number of rotatable bonds is 4. The smallest absolute Gasteiger partial charge is 0.262 e. The molecular weight excluding hydrogens is 332 g/mol. The molecule has 0 spiro atoms. The summed E-state index contributed by atoms with van der Waals surface area (Å²) in [7, 11) is 0. The number of nitrogens with one attached hydrogen (secondary N) is 1. The second kappa shape index (κ2) is 6.63. The molecule has 0 bridgehead atoms. The summed E-state index contributed by atoms with van der Waals surface area (Å²) in [5, 5.41) is 2.77. The van der Waals surface area contributed by atoms with Crippen LogP contribution in [0.25, 0.3) is 0 Å². The topological polar surface area (TPSA) is 64.3 Å². The Labute approximate surface area is 132 Å². The van der Waals surface area contributed by atoms with E-state index >= 15 is 0 Å². The van der Waals surface area contributed by atoms with Crippen molar-refractivity contribution in [2.24, 2.45) is 0 Å². The first-order valence-electron chi connectivity index (χ1n) is 6.50. The maximum Gasteiger partial charge on any atom is 0.262 e. The predicted molar refractivity (Wildman–Crippen MR) is 88.6 cm³/mol. The van der Waals surface area contributed by atoms with Gasteiger partial charge < -0.3 is 15.8 Å². The number of carbonyl (C=O) groups excluding carboxylic acids is 1. The lowest BCUT2D eigenvalue weighted by molar-refractivity contribution is -0.118. The number of ether oxygens (including phenoxy) is 1. The molecule has 0 aliphatic carbocycles. The molecule has 5 heteroatoms. The van der Waals surface area contributed by atoms with Crippen LogP contribution in [0.4, 0.5) is 11.4 Å². The van der Waals surface area contributed by atoms with Crippen LogP contribution in [0.15, 0.2) is 40.9 Å². The van der Waals surface area contributed by atoms with Crippen LogP contribution in [-0.4, -0.2) is 12.5 Å². The number of halogens is 1. The maximum absolute atomic E-state index is 11.9. The SMILES string of the molecule is Cc1ccc(OCC(=O)Nc2ccc(N)cc2Br)cc1C. The van der Waals surface area contributed by atoms with E-state index in [1.807, 2.05) is 32.0 Å². The maximum atomic E-state index is 11.9. The quantitative estimate of drug-likeness (QED) is 0.828. The lowest BCUT2D eigenvalue weighted by Crippen LogP contribution is -2.20. The van der Waals surface area contributed by atoms with E-state index < -0.39 is 0 Å². The molecule has 2 aromatic rings.